The van der Waals surface area contributed by atoms with E-state index < -0.39 is 0 Å². The Hall–Kier alpha value is -1.20. The minimum atomic E-state index is 0.277. The summed E-state index contributed by atoms with van der Waals surface area (Å²) < 4.78 is 0. The van der Waals surface area contributed by atoms with Crippen molar-refractivity contribution in [3.63, 3.8) is 0 Å². The third kappa shape index (κ3) is 3.22. The summed E-state index contributed by atoms with van der Waals surface area (Å²) in [6.07, 6.45) is 3.66. The Kier molecular flexibility index (Phi) is 4.61. The van der Waals surface area contributed by atoms with E-state index in [1.807, 2.05) is 0 Å². The highest BCUT2D eigenvalue weighted by atomic mass is 15.3. The van der Waals surface area contributed by atoms with Gasteiger partial charge >= 0.3 is 0 Å². The Morgan fingerprint density at radius 3 is 2.09 bits per heavy atom. The number of anilines is 1. The first-order valence-corrected chi connectivity index (χ1v) is 8.88. The lowest BCUT2D eigenvalue weighted by molar-refractivity contribution is 0.0603. The van der Waals surface area contributed by atoms with Crippen LogP contribution in [-0.4, -0.2) is 72.1 Å². The van der Waals surface area contributed by atoms with Gasteiger partial charge in [-0.1, -0.05) is 0 Å². The van der Waals surface area contributed by atoms with Crippen molar-refractivity contribution < 1.29 is 0 Å². The molecule has 0 radical (unpaired) electrons. The number of rotatable bonds is 1. The first-order valence-electron chi connectivity index (χ1n) is 8.88. The Balaban J connectivity index is 1.88. The molecule has 0 atom stereocenters. The number of hydrogen-bond acceptors (Lipinski definition) is 5. The summed E-state index contributed by atoms with van der Waals surface area (Å²) in [5, 5.41) is 0. The Bertz CT molecular complexity index is 540. The van der Waals surface area contributed by atoms with Gasteiger partial charge in [0, 0.05) is 36.6 Å². The molecule has 5 heteroatoms. The molecule has 0 N–H and O–H groups in total. The van der Waals surface area contributed by atoms with E-state index in [2.05, 4.69) is 49.6 Å². The smallest absolute Gasteiger partial charge is 0.225 e. The third-order valence-corrected chi connectivity index (χ3v) is 6.04. The van der Waals surface area contributed by atoms with Crippen molar-refractivity contribution in [2.24, 2.45) is 0 Å². The van der Waals surface area contributed by atoms with Gasteiger partial charge in [-0.2, -0.15) is 0 Å². The van der Waals surface area contributed by atoms with Gasteiger partial charge in [0.25, 0.3) is 0 Å². The van der Waals surface area contributed by atoms with Crippen molar-refractivity contribution in [1.29, 1.82) is 0 Å². The van der Waals surface area contributed by atoms with Crippen molar-refractivity contribution >= 4 is 5.95 Å². The molecule has 2 aliphatic rings. The lowest BCUT2D eigenvalue weighted by atomic mass is 9.85. The molecule has 3 heterocycles. The number of aryl methyl sites for hydroxylation is 2. The summed E-state index contributed by atoms with van der Waals surface area (Å²) in [4.78, 5) is 17.1. The van der Waals surface area contributed by atoms with Gasteiger partial charge in [-0.05, 0) is 72.8 Å². The molecule has 3 rings (SSSR count). The van der Waals surface area contributed by atoms with Gasteiger partial charge in [0.15, 0.2) is 0 Å². The molecule has 2 fully saturated rings. The maximum Gasteiger partial charge on any atom is 0.225 e. The lowest BCUT2D eigenvalue weighted by Crippen LogP contribution is -2.57. The quantitative estimate of drug-likeness (QED) is 0.792. The van der Waals surface area contributed by atoms with Crippen molar-refractivity contribution in [2.75, 3.05) is 51.7 Å². The molecule has 5 nitrogen and oxygen atoms in total. The predicted octanol–water partition coefficient (Wildman–Crippen LogP) is 2.01. The second kappa shape index (κ2) is 6.36. The van der Waals surface area contributed by atoms with E-state index in [9.17, 15) is 0 Å². The topological polar surface area (TPSA) is 35.5 Å². The summed E-state index contributed by atoms with van der Waals surface area (Å²) in [6.45, 7) is 12.0. The van der Waals surface area contributed by atoms with Gasteiger partial charge < -0.3 is 9.80 Å². The van der Waals surface area contributed by atoms with E-state index in [1.54, 1.807) is 0 Å². The van der Waals surface area contributed by atoms with Gasteiger partial charge in [-0.25, -0.2) is 9.97 Å². The Labute approximate surface area is 140 Å². The van der Waals surface area contributed by atoms with E-state index in [4.69, 9.17) is 9.97 Å². The average molecular weight is 317 g/mol. The molecular weight excluding hydrogens is 286 g/mol. The second-order valence-corrected chi connectivity index (χ2v) is 7.54. The highest BCUT2D eigenvalue weighted by Gasteiger charge is 2.40. The SMILES string of the molecule is Cc1nc(N2CCCN(C)C3(CCN(C)CC3)C2)nc(C)c1C. The van der Waals surface area contributed by atoms with Gasteiger partial charge in [0.05, 0.1) is 0 Å². The predicted molar refractivity (Wildman–Crippen MR) is 95.2 cm³/mol. The van der Waals surface area contributed by atoms with Crippen molar-refractivity contribution in [1.82, 2.24) is 19.8 Å². The maximum atomic E-state index is 4.80. The monoisotopic (exact) mass is 317 g/mol. The molecular formula is C18H31N5. The van der Waals surface area contributed by atoms with Crippen LogP contribution in [0.4, 0.5) is 5.95 Å². The molecule has 2 aliphatic heterocycles. The molecule has 1 aromatic heterocycles. The summed E-state index contributed by atoms with van der Waals surface area (Å²) in [5.74, 6) is 0.930. The maximum absolute atomic E-state index is 4.80. The van der Waals surface area contributed by atoms with Gasteiger partial charge in [-0.3, -0.25) is 4.90 Å². The van der Waals surface area contributed by atoms with Gasteiger partial charge in [-0.15, -0.1) is 0 Å². The number of aromatic nitrogens is 2. The third-order valence-electron chi connectivity index (χ3n) is 6.04. The second-order valence-electron chi connectivity index (χ2n) is 7.54. The van der Waals surface area contributed by atoms with Crippen LogP contribution in [-0.2, 0) is 0 Å². The Morgan fingerprint density at radius 2 is 1.48 bits per heavy atom. The highest BCUT2D eigenvalue weighted by Crippen LogP contribution is 2.32. The standard InChI is InChI=1S/C18H31N5/c1-14-15(2)19-17(20-16(14)3)23-10-6-9-22(5)18(13-23)7-11-21(4)12-8-18/h6-13H2,1-5H3. The molecule has 128 valence electrons. The zero-order chi connectivity index (χ0) is 16.6. The van der Waals surface area contributed by atoms with Gasteiger partial charge in [0.2, 0.25) is 5.95 Å². The molecule has 1 spiro atoms. The van der Waals surface area contributed by atoms with E-state index in [1.165, 1.54) is 44.5 Å². The first-order chi connectivity index (χ1) is 10.9. The zero-order valence-corrected chi connectivity index (χ0v) is 15.4. The van der Waals surface area contributed by atoms with Crippen molar-refractivity contribution in [3.8, 4) is 0 Å². The molecule has 23 heavy (non-hydrogen) atoms. The van der Waals surface area contributed by atoms with E-state index in [0.29, 0.717) is 0 Å². The van der Waals surface area contributed by atoms with Crippen LogP contribution in [0.25, 0.3) is 0 Å². The largest absolute Gasteiger partial charge is 0.339 e. The van der Waals surface area contributed by atoms with Crippen LogP contribution in [0, 0.1) is 20.8 Å². The fourth-order valence-corrected chi connectivity index (χ4v) is 3.93. The Morgan fingerprint density at radius 1 is 0.870 bits per heavy atom. The molecule has 0 amide bonds. The fourth-order valence-electron chi connectivity index (χ4n) is 3.93. The number of likely N-dealkylation sites (tertiary alicyclic amines) is 1. The van der Waals surface area contributed by atoms with Crippen LogP contribution in [0.1, 0.15) is 36.2 Å². The summed E-state index contributed by atoms with van der Waals surface area (Å²) in [6, 6.07) is 0. The van der Waals surface area contributed by atoms with E-state index in [-0.39, 0.29) is 5.54 Å². The highest BCUT2D eigenvalue weighted by molar-refractivity contribution is 5.37. The van der Waals surface area contributed by atoms with E-state index >= 15 is 0 Å². The van der Waals surface area contributed by atoms with Crippen LogP contribution in [0.5, 0.6) is 0 Å². The van der Waals surface area contributed by atoms with Crippen LogP contribution < -0.4 is 4.90 Å². The molecule has 0 aromatic carbocycles. The van der Waals surface area contributed by atoms with Crippen molar-refractivity contribution in [2.45, 2.75) is 45.6 Å². The van der Waals surface area contributed by atoms with Gasteiger partial charge in [0.1, 0.15) is 0 Å². The summed E-state index contributed by atoms with van der Waals surface area (Å²) >= 11 is 0. The number of likely N-dealkylation sites (N-methyl/N-ethyl adjacent to an activating group) is 1. The van der Waals surface area contributed by atoms with Crippen LogP contribution in [0.2, 0.25) is 0 Å². The summed E-state index contributed by atoms with van der Waals surface area (Å²) in [5.41, 5.74) is 3.72. The van der Waals surface area contributed by atoms with Crippen LogP contribution >= 0.6 is 0 Å². The van der Waals surface area contributed by atoms with Crippen molar-refractivity contribution in [3.05, 3.63) is 17.0 Å². The minimum absolute atomic E-state index is 0.277. The van der Waals surface area contributed by atoms with Crippen LogP contribution in [0.3, 0.4) is 0 Å². The summed E-state index contributed by atoms with van der Waals surface area (Å²) in [7, 11) is 4.54. The molecule has 2 saturated heterocycles. The molecule has 0 bridgehead atoms. The lowest BCUT2D eigenvalue weighted by Gasteiger charge is -2.47. The van der Waals surface area contributed by atoms with E-state index in [0.717, 1.165) is 30.4 Å². The molecule has 1 aromatic rings. The fraction of sp³-hybridized carbons (Fsp3) is 0.778. The molecule has 0 saturated carbocycles. The number of nitrogens with zero attached hydrogens (tertiary/aromatic N) is 5. The molecule has 0 aliphatic carbocycles. The number of piperidine rings is 1. The number of hydrogen-bond donors (Lipinski definition) is 0. The normalized spacial score (nSPS) is 23.3. The average Bonchev–Trinajstić information content (AvgIpc) is 2.68. The molecule has 0 unspecified atom stereocenters. The minimum Gasteiger partial charge on any atom is -0.339 e. The van der Waals surface area contributed by atoms with Crippen LogP contribution in [0.15, 0.2) is 0 Å². The first kappa shape index (κ1) is 16.7. The zero-order valence-electron chi connectivity index (χ0n) is 15.4.